The van der Waals surface area contributed by atoms with Crippen molar-refractivity contribution in [2.75, 3.05) is 6.54 Å². The van der Waals surface area contributed by atoms with E-state index >= 15 is 0 Å². The van der Waals surface area contributed by atoms with Crippen LogP contribution < -0.4 is 5.73 Å². The Bertz CT molecular complexity index is 732. The number of hydrogen-bond acceptors (Lipinski definition) is 4. The Balaban J connectivity index is 1.71. The lowest BCUT2D eigenvalue weighted by Gasteiger charge is -2.26. The largest absolute Gasteiger partial charge is 0.330 e. The molecule has 4 nitrogen and oxygen atoms in total. The zero-order chi connectivity index (χ0) is 15.3. The second-order valence-electron chi connectivity index (χ2n) is 5.91. The van der Waals surface area contributed by atoms with E-state index in [0.29, 0.717) is 34.6 Å². The number of carbonyl (C=O) groups excluding carboxylic acids is 1. The highest BCUT2D eigenvalue weighted by molar-refractivity contribution is 7.13. The number of hydrogen-bond donors (Lipinski definition) is 1. The van der Waals surface area contributed by atoms with Gasteiger partial charge in [-0.15, -0.1) is 11.3 Å². The summed E-state index contributed by atoms with van der Waals surface area (Å²) in [6, 6.07) is 6.88. The van der Waals surface area contributed by atoms with Crippen molar-refractivity contribution in [2.45, 2.75) is 24.9 Å². The van der Waals surface area contributed by atoms with Gasteiger partial charge in [0.15, 0.2) is 0 Å². The van der Waals surface area contributed by atoms with Gasteiger partial charge in [0, 0.05) is 24.2 Å². The maximum Gasteiger partial charge on any atom is 0.274 e. The molecular weight excluding hydrogens is 301 g/mol. The zero-order valence-corrected chi connectivity index (χ0v) is 12.7. The maximum absolute atomic E-state index is 14.0. The lowest BCUT2D eigenvalue weighted by atomic mass is 10.1. The molecule has 0 bridgehead atoms. The number of likely N-dealkylation sites (tertiary alicyclic amines) is 1. The van der Waals surface area contributed by atoms with Crippen molar-refractivity contribution < 1.29 is 9.18 Å². The minimum absolute atomic E-state index is 0.0893. The van der Waals surface area contributed by atoms with Crippen LogP contribution in [0.25, 0.3) is 10.4 Å². The first-order valence-corrected chi connectivity index (χ1v) is 8.29. The fraction of sp³-hybridized carbons (Fsp3) is 0.375. The molecule has 1 saturated carbocycles. The lowest BCUT2D eigenvalue weighted by molar-refractivity contribution is 0.0701. The first-order chi connectivity index (χ1) is 10.7. The number of benzene rings is 1. The summed E-state index contributed by atoms with van der Waals surface area (Å²) in [5.41, 5.74) is 8.19. The summed E-state index contributed by atoms with van der Waals surface area (Å²) in [6.45, 7) is 0.470. The van der Waals surface area contributed by atoms with Gasteiger partial charge >= 0.3 is 0 Å². The Morgan fingerprint density at radius 1 is 1.41 bits per heavy atom. The van der Waals surface area contributed by atoms with E-state index in [9.17, 15) is 9.18 Å². The quantitative estimate of drug-likeness (QED) is 0.946. The molecule has 22 heavy (non-hydrogen) atoms. The molecule has 2 aromatic rings. The van der Waals surface area contributed by atoms with Gasteiger partial charge < -0.3 is 10.6 Å². The Kier molecular flexibility index (Phi) is 3.23. The summed E-state index contributed by atoms with van der Waals surface area (Å²) in [7, 11) is 0. The van der Waals surface area contributed by atoms with E-state index in [1.807, 2.05) is 4.90 Å². The summed E-state index contributed by atoms with van der Waals surface area (Å²) in [5, 5.41) is 0. The van der Waals surface area contributed by atoms with Gasteiger partial charge in [-0.05, 0) is 24.8 Å². The number of piperidine rings is 1. The lowest BCUT2D eigenvalue weighted by Crippen LogP contribution is -2.42. The molecule has 1 saturated heterocycles. The average Bonchev–Trinajstić information content (AvgIpc) is 2.99. The third kappa shape index (κ3) is 2.06. The molecule has 6 heteroatoms. The van der Waals surface area contributed by atoms with Gasteiger partial charge in [-0.2, -0.15) is 0 Å². The molecule has 4 rings (SSSR count). The average molecular weight is 317 g/mol. The Morgan fingerprint density at radius 2 is 2.23 bits per heavy atom. The number of nitrogens with two attached hydrogens (primary N) is 1. The number of fused-ring (bicyclic) bond motifs is 1. The second-order valence-corrected chi connectivity index (χ2v) is 6.77. The molecule has 0 spiro atoms. The fourth-order valence-electron chi connectivity index (χ4n) is 3.44. The summed E-state index contributed by atoms with van der Waals surface area (Å²) < 4.78 is 14.0. The van der Waals surface area contributed by atoms with Crippen LogP contribution in [0.15, 0.2) is 29.8 Å². The SMILES string of the molecule is NC[C@@H]1C[C@@H]2C[C@@H]2N1C(=O)c1ncsc1-c1ccccc1F. The Morgan fingerprint density at radius 3 is 3.00 bits per heavy atom. The maximum atomic E-state index is 14.0. The van der Waals surface area contributed by atoms with Crippen molar-refractivity contribution in [3.05, 3.63) is 41.3 Å². The number of thiazole rings is 1. The van der Waals surface area contributed by atoms with Crippen molar-refractivity contribution in [2.24, 2.45) is 11.7 Å². The number of carbonyl (C=O) groups is 1. The van der Waals surface area contributed by atoms with E-state index in [4.69, 9.17) is 5.73 Å². The van der Waals surface area contributed by atoms with Gasteiger partial charge in [0.1, 0.15) is 11.5 Å². The van der Waals surface area contributed by atoms with Crippen molar-refractivity contribution in [1.82, 2.24) is 9.88 Å². The van der Waals surface area contributed by atoms with Gasteiger partial charge in [0.05, 0.1) is 10.4 Å². The van der Waals surface area contributed by atoms with Crippen LogP contribution in [0.1, 0.15) is 23.3 Å². The molecular formula is C16H16FN3OS. The predicted molar refractivity (Wildman–Crippen MR) is 83.0 cm³/mol. The molecule has 2 fully saturated rings. The minimum Gasteiger partial charge on any atom is -0.330 e. The van der Waals surface area contributed by atoms with Crippen LogP contribution in [-0.2, 0) is 0 Å². The summed E-state index contributed by atoms with van der Waals surface area (Å²) in [5.74, 6) is 0.148. The van der Waals surface area contributed by atoms with Crippen molar-refractivity contribution in [1.29, 1.82) is 0 Å². The van der Waals surface area contributed by atoms with Crippen LogP contribution in [0.2, 0.25) is 0 Å². The number of amides is 1. The zero-order valence-electron chi connectivity index (χ0n) is 11.9. The second kappa shape index (κ2) is 5.14. The third-order valence-corrected chi connectivity index (χ3v) is 5.47. The van der Waals surface area contributed by atoms with Crippen LogP contribution in [0.3, 0.4) is 0 Å². The smallest absolute Gasteiger partial charge is 0.274 e. The van der Waals surface area contributed by atoms with Gasteiger partial charge in [-0.25, -0.2) is 9.37 Å². The number of nitrogens with zero attached hydrogens (tertiary/aromatic N) is 2. The molecule has 1 aliphatic carbocycles. The molecule has 0 unspecified atom stereocenters. The Labute approximate surface area is 131 Å². The molecule has 3 atom stereocenters. The highest BCUT2D eigenvalue weighted by Gasteiger charge is 2.54. The van der Waals surface area contributed by atoms with Crippen LogP contribution >= 0.6 is 11.3 Å². The molecule has 2 N–H and O–H groups in total. The molecule has 114 valence electrons. The van der Waals surface area contributed by atoms with Crippen molar-refractivity contribution in [3.8, 4) is 10.4 Å². The number of aromatic nitrogens is 1. The van der Waals surface area contributed by atoms with E-state index in [1.54, 1.807) is 23.7 Å². The number of halogens is 1. The van der Waals surface area contributed by atoms with E-state index < -0.39 is 0 Å². The molecule has 1 aromatic heterocycles. The highest BCUT2D eigenvalue weighted by atomic mass is 32.1. The number of rotatable bonds is 3. The van der Waals surface area contributed by atoms with E-state index in [1.165, 1.54) is 17.4 Å². The normalized spacial score (nSPS) is 26.1. The topological polar surface area (TPSA) is 59.2 Å². The van der Waals surface area contributed by atoms with Gasteiger partial charge in [-0.3, -0.25) is 4.79 Å². The predicted octanol–water partition coefficient (Wildman–Crippen LogP) is 2.51. The minimum atomic E-state index is -0.332. The molecule has 1 amide bonds. The van der Waals surface area contributed by atoms with Crippen molar-refractivity contribution in [3.63, 3.8) is 0 Å². The first kappa shape index (κ1) is 13.8. The molecule has 1 aliphatic heterocycles. The summed E-state index contributed by atoms with van der Waals surface area (Å²) in [6.07, 6.45) is 2.04. The van der Waals surface area contributed by atoms with Crippen LogP contribution in [-0.4, -0.2) is 34.4 Å². The van der Waals surface area contributed by atoms with Gasteiger partial charge in [0.25, 0.3) is 5.91 Å². The monoisotopic (exact) mass is 317 g/mol. The van der Waals surface area contributed by atoms with Gasteiger partial charge in [0.2, 0.25) is 0 Å². The summed E-state index contributed by atoms with van der Waals surface area (Å²) >= 11 is 1.30. The van der Waals surface area contributed by atoms with Crippen LogP contribution in [0, 0.1) is 11.7 Å². The first-order valence-electron chi connectivity index (χ1n) is 7.41. The molecule has 2 heterocycles. The standard InChI is InChI=1S/C16H16FN3OS/c17-12-4-2-1-3-11(12)15-14(19-8-22-15)16(21)20-10(7-18)5-9-6-13(9)20/h1-4,8-10,13H,5-7,18H2/t9-,10+,13+/m1/s1. The Hall–Kier alpha value is -1.79. The van der Waals surface area contributed by atoms with E-state index in [0.717, 1.165) is 12.8 Å². The van der Waals surface area contributed by atoms with Crippen molar-refractivity contribution >= 4 is 17.2 Å². The van der Waals surface area contributed by atoms with E-state index in [-0.39, 0.29) is 17.8 Å². The summed E-state index contributed by atoms with van der Waals surface area (Å²) in [4.78, 5) is 19.6. The third-order valence-electron chi connectivity index (χ3n) is 4.61. The molecule has 2 aliphatic rings. The molecule has 0 radical (unpaired) electrons. The van der Waals surface area contributed by atoms with Crippen LogP contribution in [0.5, 0.6) is 0 Å². The fourth-order valence-corrected chi connectivity index (χ4v) is 4.25. The molecule has 1 aromatic carbocycles. The highest BCUT2D eigenvalue weighted by Crippen LogP contribution is 2.48. The van der Waals surface area contributed by atoms with Gasteiger partial charge in [-0.1, -0.05) is 18.2 Å². The van der Waals surface area contributed by atoms with E-state index in [2.05, 4.69) is 4.98 Å². The van der Waals surface area contributed by atoms with Crippen LogP contribution in [0.4, 0.5) is 4.39 Å².